The van der Waals surface area contributed by atoms with Crippen molar-refractivity contribution in [3.8, 4) is 5.75 Å². The number of aromatic hydroxyl groups is 1. The summed E-state index contributed by atoms with van der Waals surface area (Å²) in [5.41, 5.74) is 0.469. The fraction of sp³-hybridized carbons (Fsp3) is 0.562. The minimum atomic E-state index is -0.334. The van der Waals surface area contributed by atoms with Crippen LogP contribution in [0.3, 0.4) is 0 Å². The minimum absolute atomic E-state index is 0.121. The first kappa shape index (κ1) is 16.5. The van der Waals surface area contributed by atoms with Crippen LogP contribution in [0, 0.1) is 5.92 Å². The molecule has 2 atom stereocenters. The lowest BCUT2D eigenvalue weighted by Gasteiger charge is -2.24. The average Bonchev–Trinajstić information content (AvgIpc) is 2.44. The van der Waals surface area contributed by atoms with E-state index in [1.807, 2.05) is 6.92 Å². The number of nitrogens with one attached hydrogen (secondary N) is 1. The van der Waals surface area contributed by atoms with Gasteiger partial charge >= 0.3 is 5.97 Å². The predicted molar refractivity (Wildman–Crippen MR) is 79.1 cm³/mol. The summed E-state index contributed by atoms with van der Waals surface area (Å²) in [6, 6.07) is 6.13. The zero-order valence-electron chi connectivity index (χ0n) is 12.8. The Balaban J connectivity index is 2.54. The van der Waals surface area contributed by atoms with E-state index in [4.69, 9.17) is 4.74 Å². The predicted octanol–water partition coefficient (Wildman–Crippen LogP) is 1.50. The Labute approximate surface area is 121 Å². The number of carbonyl (C=O) groups is 1. The van der Waals surface area contributed by atoms with Crippen LogP contribution >= 0.6 is 0 Å². The molecule has 0 heterocycles. The monoisotopic (exact) mass is 280 g/mol. The lowest BCUT2D eigenvalue weighted by atomic mass is 10.1. The van der Waals surface area contributed by atoms with Gasteiger partial charge in [-0.2, -0.15) is 0 Å². The van der Waals surface area contributed by atoms with Crippen molar-refractivity contribution in [2.45, 2.75) is 33.8 Å². The number of quaternary nitrogens is 1. The number of benzene rings is 1. The summed E-state index contributed by atoms with van der Waals surface area (Å²) in [6.45, 7) is 11.5. The van der Waals surface area contributed by atoms with Crippen molar-refractivity contribution in [1.29, 1.82) is 0 Å². The topological polar surface area (TPSA) is 51.0 Å². The third-order valence-electron chi connectivity index (χ3n) is 3.81. The molecule has 2 N–H and O–H groups in total. The van der Waals surface area contributed by atoms with Gasteiger partial charge in [-0.05, 0) is 45.0 Å². The van der Waals surface area contributed by atoms with E-state index in [1.165, 1.54) is 17.0 Å². The Bertz CT molecular complexity index is 412. The van der Waals surface area contributed by atoms with Crippen LogP contribution in [-0.4, -0.2) is 36.8 Å². The maximum atomic E-state index is 12.0. The first-order valence-corrected chi connectivity index (χ1v) is 7.31. The molecule has 0 aromatic heterocycles. The van der Waals surface area contributed by atoms with Gasteiger partial charge in [0.2, 0.25) is 0 Å². The van der Waals surface area contributed by atoms with Gasteiger partial charge in [-0.3, -0.25) is 0 Å². The van der Waals surface area contributed by atoms with Crippen molar-refractivity contribution in [1.82, 2.24) is 0 Å². The Morgan fingerprint density at radius 1 is 1.20 bits per heavy atom. The van der Waals surface area contributed by atoms with Crippen molar-refractivity contribution in [2.75, 3.05) is 19.6 Å². The maximum absolute atomic E-state index is 12.0. The molecule has 4 heteroatoms. The van der Waals surface area contributed by atoms with Gasteiger partial charge in [-0.25, -0.2) is 4.79 Å². The third-order valence-corrected chi connectivity index (χ3v) is 3.81. The van der Waals surface area contributed by atoms with Crippen LogP contribution in [0.5, 0.6) is 5.75 Å². The smallest absolute Gasteiger partial charge is 0.338 e. The summed E-state index contributed by atoms with van der Waals surface area (Å²) < 4.78 is 5.49. The lowest BCUT2D eigenvalue weighted by Crippen LogP contribution is -3.12. The van der Waals surface area contributed by atoms with E-state index in [0.29, 0.717) is 11.5 Å². The van der Waals surface area contributed by atoms with Crippen LogP contribution in [-0.2, 0) is 4.74 Å². The highest BCUT2D eigenvalue weighted by Gasteiger charge is 2.21. The van der Waals surface area contributed by atoms with E-state index in [-0.39, 0.29) is 17.8 Å². The molecule has 4 nitrogen and oxygen atoms in total. The van der Waals surface area contributed by atoms with Gasteiger partial charge in [0, 0.05) is 5.92 Å². The Kier molecular flexibility index (Phi) is 6.52. The molecule has 0 aliphatic rings. The normalized spacial score (nSPS) is 14.1. The molecule has 0 radical (unpaired) electrons. The van der Waals surface area contributed by atoms with Gasteiger partial charge in [0.1, 0.15) is 11.9 Å². The number of rotatable bonds is 7. The summed E-state index contributed by atoms with van der Waals surface area (Å²) in [7, 11) is 0. The van der Waals surface area contributed by atoms with Crippen molar-refractivity contribution >= 4 is 5.97 Å². The van der Waals surface area contributed by atoms with Crippen LogP contribution < -0.4 is 4.90 Å². The molecule has 0 amide bonds. The first-order chi connectivity index (χ1) is 9.47. The zero-order chi connectivity index (χ0) is 15.1. The van der Waals surface area contributed by atoms with E-state index < -0.39 is 0 Å². The van der Waals surface area contributed by atoms with Crippen molar-refractivity contribution in [2.24, 2.45) is 5.92 Å². The van der Waals surface area contributed by atoms with Gasteiger partial charge in [0.05, 0.1) is 25.2 Å². The van der Waals surface area contributed by atoms with Crippen LogP contribution in [0.15, 0.2) is 24.3 Å². The fourth-order valence-corrected chi connectivity index (χ4v) is 2.11. The van der Waals surface area contributed by atoms with E-state index >= 15 is 0 Å². The third kappa shape index (κ3) is 4.85. The van der Waals surface area contributed by atoms with Crippen LogP contribution in [0.25, 0.3) is 0 Å². The fourth-order valence-electron chi connectivity index (χ4n) is 2.11. The summed E-state index contributed by atoms with van der Waals surface area (Å²) >= 11 is 0. The zero-order valence-corrected chi connectivity index (χ0v) is 12.8. The number of carbonyl (C=O) groups excluding carboxylic acids is 1. The average molecular weight is 280 g/mol. The molecule has 0 fully saturated rings. The number of ether oxygens (including phenoxy) is 1. The maximum Gasteiger partial charge on any atom is 0.338 e. The molecule has 0 spiro atoms. The standard InChI is InChI=1S/C16H25NO3/c1-5-17(6-2)11-12(3)13(4)20-16(19)14-7-9-15(18)10-8-14/h7-10,12-13,18H,5-6,11H2,1-4H3/p+1/t12-,13+/m1/s1. The number of esters is 1. The Morgan fingerprint density at radius 2 is 1.75 bits per heavy atom. The van der Waals surface area contributed by atoms with Crippen molar-refractivity contribution in [3.63, 3.8) is 0 Å². The highest BCUT2D eigenvalue weighted by Crippen LogP contribution is 2.13. The second kappa shape index (κ2) is 7.90. The molecule has 0 bridgehead atoms. The van der Waals surface area contributed by atoms with E-state index in [9.17, 15) is 9.90 Å². The summed E-state index contributed by atoms with van der Waals surface area (Å²) in [6.07, 6.45) is -0.121. The molecule has 20 heavy (non-hydrogen) atoms. The minimum Gasteiger partial charge on any atom is -0.508 e. The Hall–Kier alpha value is -1.55. The van der Waals surface area contributed by atoms with Crippen molar-refractivity contribution in [3.05, 3.63) is 29.8 Å². The van der Waals surface area contributed by atoms with Crippen LogP contribution in [0.4, 0.5) is 0 Å². The first-order valence-electron chi connectivity index (χ1n) is 7.31. The van der Waals surface area contributed by atoms with Gasteiger partial charge in [0.15, 0.2) is 0 Å². The molecular formula is C16H26NO3+. The highest BCUT2D eigenvalue weighted by atomic mass is 16.5. The van der Waals surface area contributed by atoms with Crippen LogP contribution in [0.2, 0.25) is 0 Å². The van der Waals surface area contributed by atoms with E-state index in [2.05, 4.69) is 20.8 Å². The van der Waals surface area contributed by atoms with E-state index in [1.54, 1.807) is 12.1 Å². The Morgan fingerprint density at radius 3 is 2.25 bits per heavy atom. The van der Waals surface area contributed by atoms with Crippen LogP contribution in [0.1, 0.15) is 38.1 Å². The van der Waals surface area contributed by atoms with Gasteiger partial charge < -0.3 is 14.7 Å². The van der Waals surface area contributed by atoms with Gasteiger partial charge in [0.25, 0.3) is 0 Å². The molecule has 112 valence electrons. The molecule has 0 unspecified atom stereocenters. The number of hydrogen-bond acceptors (Lipinski definition) is 3. The molecule has 0 saturated heterocycles. The summed E-state index contributed by atoms with van der Waals surface area (Å²) in [5.74, 6) is 0.123. The number of hydrogen-bond donors (Lipinski definition) is 2. The van der Waals surface area contributed by atoms with Crippen molar-refractivity contribution < 1.29 is 19.5 Å². The number of phenols is 1. The number of phenolic OH excluding ortho intramolecular Hbond substituents is 1. The van der Waals surface area contributed by atoms with E-state index in [0.717, 1.165) is 19.6 Å². The molecule has 1 rings (SSSR count). The summed E-state index contributed by atoms with van der Waals surface area (Å²) in [4.78, 5) is 13.5. The quantitative estimate of drug-likeness (QED) is 0.744. The SMILES string of the molecule is CC[NH+](CC)C[C@@H](C)[C@H](C)OC(=O)c1ccc(O)cc1. The highest BCUT2D eigenvalue weighted by molar-refractivity contribution is 5.89. The molecule has 1 aromatic carbocycles. The molecule has 1 aromatic rings. The second-order valence-corrected chi connectivity index (χ2v) is 5.30. The van der Waals surface area contributed by atoms with Gasteiger partial charge in [-0.1, -0.05) is 6.92 Å². The molecular weight excluding hydrogens is 254 g/mol. The summed E-state index contributed by atoms with van der Waals surface area (Å²) in [5, 5.41) is 9.21. The largest absolute Gasteiger partial charge is 0.508 e. The van der Waals surface area contributed by atoms with Gasteiger partial charge in [-0.15, -0.1) is 0 Å². The second-order valence-electron chi connectivity index (χ2n) is 5.30. The molecule has 0 saturated carbocycles. The molecule has 0 aliphatic carbocycles. The molecule has 0 aliphatic heterocycles. The lowest BCUT2D eigenvalue weighted by molar-refractivity contribution is -0.900.